The van der Waals surface area contributed by atoms with Crippen molar-refractivity contribution in [3.05, 3.63) is 57.2 Å². The van der Waals surface area contributed by atoms with Crippen LogP contribution in [0.15, 0.2) is 41.8 Å². The number of carbonyl (C=O) groups excluding carboxylic acids is 1. The number of amides is 1. The minimum atomic E-state index is -1.22. The molecule has 0 radical (unpaired) electrons. The number of carbonyl (C=O) groups is 1. The van der Waals surface area contributed by atoms with Crippen molar-refractivity contribution in [2.24, 2.45) is 0 Å². The van der Waals surface area contributed by atoms with Gasteiger partial charge in [0.1, 0.15) is 5.75 Å². The molecule has 0 aliphatic heterocycles. The molecular formula is C14H14ClNO2S2. The first-order valence-corrected chi connectivity index (χ1v) is 8.76. The zero-order valence-corrected chi connectivity index (χ0v) is 13.1. The predicted octanol–water partition coefficient (Wildman–Crippen LogP) is 2.97. The van der Waals surface area contributed by atoms with Crippen molar-refractivity contribution < 1.29 is 9.00 Å². The van der Waals surface area contributed by atoms with Crippen molar-refractivity contribution in [3.8, 4) is 0 Å². The van der Waals surface area contributed by atoms with E-state index in [4.69, 9.17) is 11.6 Å². The Morgan fingerprint density at radius 3 is 2.85 bits per heavy atom. The van der Waals surface area contributed by atoms with Gasteiger partial charge in [0, 0.05) is 26.5 Å². The molecule has 0 saturated heterocycles. The number of halogens is 1. The molecule has 3 nitrogen and oxygen atoms in total. The average molecular weight is 328 g/mol. The highest BCUT2D eigenvalue weighted by Crippen LogP contribution is 2.12. The summed E-state index contributed by atoms with van der Waals surface area (Å²) in [5.41, 5.74) is 0.877. The maximum Gasteiger partial charge on any atom is 0.232 e. The first-order valence-electron chi connectivity index (χ1n) is 6.02. The quantitative estimate of drug-likeness (QED) is 0.886. The van der Waals surface area contributed by atoms with Crippen molar-refractivity contribution in [3.63, 3.8) is 0 Å². The number of nitrogens with one attached hydrogen (secondary N) is 1. The molecule has 6 heteroatoms. The topological polar surface area (TPSA) is 46.2 Å². The summed E-state index contributed by atoms with van der Waals surface area (Å²) in [6.45, 7) is 0.491. The number of hydrogen-bond acceptors (Lipinski definition) is 3. The summed E-state index contributed by atoms with van der Waals surface area (Å²) in [5, 5.41) is 5.34. The molecule has 1 aromatic heterocycles. The van der Waals surface area contributed by atoms with E-state index in [-0.39, 0.29) is 11.7 Å². The van der Waals surface area contributed by atoms with Crippen LogP contribution in [0, 0.1) is 0 Å². The first kappa shape index (κ1) is 15.2. The van der Waals surface area contributed by atoms with Crippen LogP contribution in [-0.2, 0) is 27.9 Å². The molecule has 1 unspecified atom stereocenters. The van der Waals surface area contributed by atoms with Gasteiger partial charge in [-0.05, 0) is 29.1 Å². The summed E-state index contributed by atoms with van der Waals surface area (Å²) < 4.78 is 11.9. The van der Waals surface area contributed by atoms with Crippen LogP contribution in [0.1, 0.15) is 10.4 Å². The number of benzene rings is 1. The molecule has 0 aliphatic carbocycles. The van der Waals surface area contributed by atoms with Crippen molar-refractivity contribution in [1.29, 1.82) is 0 Å². The second-order valence-corrected chi connectivity index (χ2v) is 7.14. The van der Waals surface area contributed by atoms with Crippen molar-refractivity contribution in [2.75, 3.05) is 5.75 Å². The third kappa shape index (κ3) is 5.07. The number of rotatable bonds is 6. The SMILES string of the molecule is O=C(CS(=O)Cc1cccc(Cl)c1)NCc1cccs1. The summed E-state index contributed by atoms with van der Waals surface area (Å²) in [6.07, 6.45) is 0. The molecule has 1 N–H and O–H groups in total. The highest BCUT2D eigenvalue weighted by molar-refractivity contribution is 7.84. The van der Waals surface area contributed by atoms with E-state index in [9.17, 15) is 9.00 Å². The molecule has 0 spiro atoms. The lowest BCUT2D eigenvalue weighted by Crippen LogP contribution is -2.27. The van der Waals surface area contributed by atoms with Crippen LogP contribution >= 0.6 is 22.9 Å². The number of thiophene rings is 1. The van der Waals surface area contributed by atoms with Crippen LogP contribution in [0.25, 0.3) is 0 Å². The minimum Gasteiger partial charge on any atom is -0.350 e. The Morgan fingerprint density at radius 2 is 2.15 bits per heavy atom. The molecule has 1 atom stereocenters. The summed E-state index contributed by atoms with van der Waals surface area (Å²) in [6, 6.07) is 11.1. The van der Waals surface area contributed by atoms with Gasteiger partial charge >= 0.3 is 0 Å². The highest BCUT2D eigenvalue weighted by atomic mass is 35.5. The molecule has 0 aliphatic rings. The maximum atomic E-state index is 11.9. The minimum absolute atomic E-state index is 0.0118. The van der Waals surface area contributed by atoms with E-state index in [2.05, 4.69) is 5.32 Å². The smallest absolute Gasteiger partial charge is 0.232 e. The Kier molecular flexibility index (Phi) is 5.76. The van der Waals surface area contributed by atoms with Gasteiger partial charge in [-0.1, -0.05) is 29.8 Å². The molecule has 20 heavy (non-hydrogen) atoms. The van der Waals surface area contributed by atoms with E-state index in [1.54, 1.807) is 23.5 Å². The summed E-state index contributed by atoms with van der Waals surface area (Å²) >= 11 is 7.45. The van der Waals surface area contributed by atoms with Crippen LogP contribution in [-0.4, -0.2) is 15.9 Å². The van der Waals surface area contributed by atoms with Crippen LogP contribution in [0.2, 0.25) is 5.02 Å². The van der Waals surface area contributed by atoms with Gasteiger partial charge in [-0.2, -0.15) is 0 Å². The van der Waals surface area contributed by atoms with Crippen molar-refractivity contribution in [1.82, 2.24) is 5.32 Å². The van der Waals surface area contributed by atoms with E-state index in [0.717, 1.165) is 10.4 Å². The van der Waals surface area contributed by atoms with Gasteiger partial charge < -0.3 is 5.32 Å². The third-order valence-corrected chi connectivity index (χ3v) is 4.90. The molecule has 1 heterocycles. The zero-order chi connectivity index (χ0) is 14.4. The second kappa shape index (κ2) is 7.57. The second-order valence-electron chi connectivity index (χ2n) is 4.21. The molecule has 1 aromatic carbocycles. The Morgan fingerprint density at radius 1 is 1.30 bits per heavy atom. The van der Waals surface area contributed by atoms with Crippen molar-refractivity contribution >= 4 is 39.6 Å². The van der Waals surface area contributed by atoms with E-state index in [0.29, 0.717) is 17.3 Å². The normalized spacial score (nSPS) is 12.1. The molecule has 2 rings (SSSR count). The van der Waals surface area contributed by atoms with Gasteiger partial charge in [0.2, 0.25) is 5.91 Å². The standard InChI is InChI=1S/C14H14ClNO2S2/c15-12-4-1-3-11(7-12)9-20(18)10-14(17)16-8-13-5-2-6-19-13/h1-7H,8-10H2,(H,16,17). The molecule has 106 valence electrons. The first-order chi connectivity index (χ1) is 9.63. The predicted molar refractivity (Wildman–Crippen MR) is 84.3 cm³/mol. The van der Waals surface area contributed by atoms with E-state index >= 15 is 0 Å². The molecular weight excluding hydrogens is 314 g/mol. The lowest BCUT2D eigenvalue weighted by Gasteiger charge is -2.05. The van der Waals surface area contributed by atoms with Gasteiger partial charge in [-0.15, -0.1) is 11.3 Å². The largest absolute Gasteiger partial charge is 0.350 e. The highest BCUT2D eigenvalue weighted by Gasteiger charge is 2.09. The maximum absolute atomic E-state index is 11.9. The van der Waals surface area contributed by atoms with Gasteiger partial charge in [-0.3, -0.25) is 9.00 Å². The molecule has 2 aromatic rings. The lowest BCUT2D eigenvalue weighted by molar-refractivity contribution is -0.118. The van der Waals surface area contributed by atoms with Crippen LogP contribution in [0.3, 0.4) is 0 Å². The van der Waals surface area contributed by atoms with Gasteiger partial charge in [0.25, 0.3) is 0 Å². The fourth-order valence-electron chi connectivity index (χ4n) is 1.66. The van der Waals surface area contributed by atoms with E-state index in [1.807, 2.05) is 29.6 Å². The fourth-order valence-corrected chi connectivity index (χ4v) is 3.57. The molecule has 0 bridgehead atoms. The molecule has 0 saturated carbocycles. The summed E-state index contributed by atoms with van der Waals surface area (Å²) in [7, 11) is -1.22. The van der Waals surface area contributed by atoms with Gasteiger partial charge in [0.05, 0.1) is 6.54 Å². The lowest BCUT2D eigenvalue weighted by atomic mass is 10.2. The van der Waals surface area contributed by atoms with Gasteiger partial charge in [0.15, 0.2) is 0 Å². The molecule has 0 fully saturated rings. The summed E-state index contributed by atoms with van der Waals surface area (Å²) in [4.78, 5) is 12.8. The summed E-state index contributed by atoms with van der Waals surface area (Å²) in [5.74, 6) is 0.156. The Hall–Kier alpha value is -1.17. The Bertz CT molecular complexity index is 599. The fraction of sp³-hybridized carbons (Fsp3) is 0.214. The third-order valence-electron chi connectivity index (χ3n) is 2.55. The number of hydrogen-bond donors (Lipinski definition) is 1. The average Bonchev–Trinajstić information content (AvgIpc) is 2.89. The van der Waals surface area contributed by atoms with Crippen molar-refractivity contribution in [2.45, 2.75) is 12.3 Å². The molecule has 1 amide bonds. The van der Waals surface area contributed by atoms with Gasteiger partial charge in [-0.25, -0.2) is 0 Å². The van der Waals surface area contributed by atoms with Crippen LogP contribution < -0.4 is 5.32 Å². The zero-order valence-electron chi connectivity index (χ0n) is 10.7. The monoisotopic (exact) mass is 327 g/mol. The Labute approximate surface area is 129 Å². The Balaban J connectivity index is 1.77. The van der Waals surface area contributed by atoms with E-state index < -0.39 is 10.8 Å². The van der Waals surface area contributed by atoms with E-state index in [1.165, 1.54) is 0 Å². The van der Waals surface area contributed by atoms with Crippen LogP contribution in [0.4, 0.5) is 0 Å². The van der Waals surface area contributed by atoms with Crippen LogP contribution in [0.5, 0.6) is 0 Å².